The van der Waals surface area contributed by atoms with Gasteiger partial charge in [0, 0.05) is 0 Å². The number of thioether (sulfide) groups is 1. The van der Waals surface area contributed by atoms with Crippen molar-refractivity contribution in [3.8, 4) is 5.69 Å². The zero-order chi connectivity index (χ0) is 12.3. The second kappa shape index (κ2) is 4.96. The molecule has 0 bridgehead atoms. The predicted molar refractivity (Wildman–Crippen MR) is 62.1 cm³/mol. The second-order valence-corrected chi connectivity index (χ2v) is 4.62. The van der Waals surface area contributed by atoms with E-state index in [9.17, 15) is 4.79 Å². The highest BCUT2D eigenvalue weighted by Gasteiger charge is 2.17. The molecule has 0 saturated carbocycles. The molecule has 88 valence electrons. The lowest BCUT2D eigenvalue weighted by molar-refractivity contribution is -0.136. The third kappa shape index (κ3) is 2.62. The van der Waals surface area contributed by atoms with Gasteiger partial charge in [0.15, 0.2) is 0 Å². The van der Waals surface area contributed by atoms with Gasteiger partial charge in [-0.3, -0.25) is 4.79 Å². The molecular formula is C10H10N4O2S. The van der Waals surface area contributed by atoms with E-state index in [0.29, 0.717) is 5.16 Å². The molecule has 2 rings (SSSR count). The van der Waals surface area contributed by atoms with Crippen LogP contribution in [0, 0.1) is 0 Å². The quantitative estimate of drug-likeness (QED) is 0.822. The van der Waals surface area contributed by atoms with Crippen LogP contribution in [0.4, 0.5) is 0 Å². The molecule has 0 amide bonds. The molecule has 7 heteroatoms. The summed E-state index contributed by atoms with van der Waals surface area (Å²) in [6, 6.07) is 9.33. The number of carboxylic acids is 1. The molecule has 6 nitrogen and oxygen atoms in total. The Labute approximate surface area is 102 Å². The van der Waals surface area contributed by atoms with Crippen LogP contribution in [0.25, 0.3) is 5.69 Å². The fourth-order valence-electron chi connectivity index (χ4n) is 1.19. The molecule has 1 aromatic heterocycles. The highest BCUT2D eigenvalue weighted by Crippen LogP contribution is 2.22. The van der Waals surface area contributed by atoms with Crippen LogP contribution in [0.1, 0.15) is 6.92 Å². The zero-order valence-electron chi connectivity index (χ0n) is 9.02. The third-order valence-corrected chi connectivity index (χ3v) is 3.09. The number of carbonyl (C=O) groups is 1. The van der Waals surface area contributed by atoms with Crippen molar-refractivity contribution in [2.24, 2.45) is 0 Å². The minimum atomic E-state index is -0.891. The Hall–Kier alpha value is -1.89. The van der Waals surface area contributed by atoms with E-state index in [1.165, 1.54) is 4.68 Å². The van der Waals surface area contributed by atoms with Crippen molar-refractivity contribution in [3.05, 3.63) is 30.3 Å². The average Bonchev–Trinajstić information content (AvgIpc) is 2.78. The van der Waals surface area contributed by atoms with Gasteiger partial charge in [0.25, 0.3) is 0 Å². The fraction of sp³-hybridized carbons (Fsp3) is 0.200. The first kappa shape index (κ1) is 11.6. The van der Waals surface area contributed by atoms with Crippen LogP contribution in [0.2, 0.25) is 0 Å². The number of para-hydroxylation sites is 1. The molecule has 1 N–H and O–H groups in total. The van der Waals surface area contributed by atoms with Crippen LogP contribution in [0.5, 0.6) is 0 Å². The lowest BCUT2D eigenvalue weighted by Crippen LogP contribution is -2.12. The first-order valence-corrected chi connectivity index (χ1v) is 5.79. The van der Waals surface area contributed by atoms with Crippen molar-refractivity contribution in [1.29, 1.82) is 0 Å². The Morgan fingerprint density at radius 3 is 2.76 bits per heavy atom. The summed E-state index contributed by atoms with van der Waals surface area (Å²) in [6.45, 7) is 1.59. The molecule has 0 saturated heterocycles. The van der Waals surface area contributed by atoms with Crippen LogP contribution in [0.15, 0.2) is 35.5 Å². The monoisotopic (exact) mass is 250 g/mol. The lowest BCUT2D eigenvalue weighted by Gasteiger charge is -2.06. The topological polar surface area (TPSA) is 80.9 Å². The molecule has 1 atom stereocenters. The van der Waals surface area contributed by atoms with E-state index in [4.69, 9.17) is 5.11 Å². The molecule has 0 aliphatic carbocycles. The van der Waals surface area contributed by atoms with E-state index in [1.54, 1.807) is 6.92 Å². The minimum absolute atomic E-state index is 0.464. The van der Waals surface area contributed by atoms with E-state index in [0.717, 1.165) is 17.4 Å². The average molecular weight is 250 g/mol. The Bertz CT molecular complexity index is 514. The summed E-state index contributed by atoms with van der Waals surface area (Å²) in [5.74, 6) is -0.891. The maximum Gasteiger partial charge on any atom is 0.316 e. The Balaban J connectivity index is 2.26. The second-order valence-electron chi connectivity index (χ2n) is 3.31. The van der Waals surface area contributed by atoms with Gasteiger partial charge >= 0.3 is 5.97 Å². The van der Waals surface area contributed by atoms with E-state index in [-0.39, 0.29) is 0 Å². The number of carboxylic acid groups (broad SMARTS) is 1. The molecule has 0 fully saturated rings. The molecule has 17 heavy (non-hydrogen) atoms. The number of aliphatic carboxylic acids is 1. The van der Waals surface area contributed by atoms with Crippen LogP contribution >= 0.6 is 11.8 Å². The summed E-state index contributed by atoms with van der Waals surface area (Å²) in [5.41, 5.74) is 0.803. The molecule has 1 aromatic carbocycles. The number of benzene rings is 1. The maximum atomic E-state index is 10.8. The van der Waals surface area contributed by atoms with Gasteiger partial charge in [0.2, 0.25) is 5.16 Å². The van der Waals surface area contributed by atoms with Crippen molar-refractivity contribution in [2.75, 3.05) is 0 Å². The van der Waals surface area contributed by atoms with E-state index in [1.807, 2.05) is 30.3 Å². The van der Waals surface area contributed by atoms with Crippen LogP contribution in [-0.2, 0) is 4.79 Å². The van der Waals surface area contributed by atoms with Gasteiger partial charge < -0.3 is 5.11 Å². The summed E-state index contributed by atoms with van der Waals surface area (Å²) in [6.07, 6.45) is 0. The van der Waals surface area contributed by atoms with Gasteiger partial charge in [-0.15, -0.1) is 5.10 Å². The van der Waals surface area contributed by atoms with Crippen LogP contribution < -0.4 is 0 Å². The summed E-state index contributed by atoms with van der Waals surface area (Å²) in [5, 5.41) is 19.9. The van der Waals surface area contributed by atoms with Crippen molar-refractivity contribution in [1.82, 2.24) is 20.2 Å². The van der Waals surface area contributed by atoms with Gasteiger partial charge in [-0.25, -0.2) is 0 Å². The van der Waals surface area contributed by atoms with E-state index in [2.05, 4.69) is 15.5 Å². The van der Waals surface area contributed by atoms with Crippen molar-refractivity contribution < 1.29 is 9.90 Å². The Morgan fingerprint density at radius 2 is 2.12 bits per heavy atom. The van der Waals surface area contributed by atoms with Crippen LogP contribution in [0.3, 0.4) is 0 Å². The number of nitrogens with zero attached hydrogens (tertiary/aromatic N) is 4. The maximum absolute atomic E-state index is 10.8. The summed E-state index contributed by atoms with van der Waals surface area (Å²) < 4.78 is 1.52. The van der Waals surface area contributed by atoms with Gasteiger partial charge in [0.1, 0.15) is 5.25 Å². The number of rotatable bonds is 4. The van der Waals surface area contributed by atoms with E-state index >= 15 is 0 Å². The van der Waals surface area contributed by atoms with Crippen molar-refractivity contribution >= 4 is 17.7 Å². The van der Waals surface area contributed by atoms with Gasteiger partial charge in [-0.05, 0) is 29.5 Å². The Morgan fingerprint density at radius 1 is 1.41 bits per heavy atom. The summed E-state index contributed by atoms with van der Waals surface area (Å²) in [4.78, 5) is 10.8. The zero-order valence-corrected chi connectivity index (χ0v) is 9.83. The normalized spacial score (nSPS) is 12.3. The fourth-order valence-corrected chi connectivity index (χ4v) is 1.93. The molecule has 1 heterocycles. The van der Waals surface area contributed by atoms with Crippen LogP contribution in [-0.4, -0.2) is 36.5 Å². The molecule has 1 unspecified atom stereocenters. The van der Waals surface area contributed by atoms with Gasteiger partial charge in [0.05, 0.1) is 5.69 Å². The highest BCUT2D eigenvalue weighted by atomic mass is 32.2. The number of tetrazole rings is 1. The smallest absolute Gasteiger partial charge is 0.316 e. The highest BCUT2D eigenvalue weighted by molar-refractivity contribution is 8.00. The van der Waals surface area contributed by atoms with Crippen molar-refractivity contribution in [2.45, 2.75) is 17.3 Å². The van der Waals surface area contributed by atoms with Crippen molar-refractivity contribution in [3.63, 3.8) is 0 Å². The Kier molecular flexibility index (Phi) is 3.38. The molecule has 0 aliphatic rings. The first-order chi connectivity index (χ1) is 8.18. The molecule has 0 spiro atoms. The number of hydrogen-bond acceptors (Lipinski definition) is 5. The lowest BCUT2D eigenvalue weighted by atomic mass is 10.3. The molecular weight excluding hydrogens is 240 g/mol. The standard InChI is InChI=1S/C10H10N4O2S/c1-7(9(15)16)17-10-11-12-13-14(10)8-5-3-2-4-6-8/h2-7H,1H3,(H,15,16). The third-order valence-electron chi connectivity index (χ3n) is 2.07. The molecule has 0 aliphatic heterocycles. The predicted octanol–water partition coefficient (Wildman–Crippen LogP) is 1.23. The molecule has 2 aromatic rings. The number of hydrogen-bond donors (Lipinski definition) is 1. The van der Waals surface area contributed by atoms with E-state index < -0.39 is 11.2 Å². The minimum Gasteiger partial charge on any atom is -0.480 e. The largest absolute Gasteiger partial charge is 0.480 e. The number of aromatic nitrogens is 4. The summed E-state index contributed by atoms with van der Waals surface area (Å²) in [7, 11) is 0. The van der Waals surface area contributed by atoms with Gasteiger partial charge in [-0.1, -0.05) is 30.0 Å². The summed E-state index contributed by atoms with van der Waals surface area (Å²) >= 11 is 1.11. The molecule has 0 radical (unpaired) electrons. The van der Waals surface area contributed by atoms with Gasteiger partial charge in [-0.2, -0.15) is 4.68 Å². The first-order valence-electron chi connectivity index (χ1n) is 4.92. The SMILES string of the molecule is CC(Sc1nnnn1-c1ccccc1)C(=O)O.